The number of benzene rings is 1. The largest absolute Gasteiger partial charge is 0.493 e. The van der Waals surface area contributed by atoms with E-state index in [2.05, 4.69) is 0 Å². The Balaban J connectivity index is 3.08. The number of rotatable bonds is 3. The van der Waals surface area contributed by atoms with Crippen molar-refractivity contribution in [1.82, 2.24) is 0 Å². The molecule has 16 heavy (non-hydrogen) atoms. The average Bonchev–Trinajstić information content (AvgIpc) is 2.25. The summed E-state index contributed by atoms with van der Waals surface area (Å²) in [5.74, 6) is 0.576. The maximum Gasteiger partial charge on any atom is 0.408 e. The molecule has 0 radical (unpaired) electrons. The molecule has 2 nitrogen and oxygen atoms in total. The molecule has 0 bridgehead atoms. The molecule has 0 aliphatic heterocycles. The summed E-state index contributed by atoms with van der Waals surface area (Å²) in [4.78, 5) is 0. The Bertz CT molecular complexity index is 366. The third kappa shape index (κ3) is 2.72. The monoisotopic (exact) mass is 254 g/mol. The lowest BCUT2D eigenvalue weighted by Gasteiger charge is -2.15. The first-order chi connectivity index (χ1) is 7.40. The fourth-order valence-electron chi connectivity index (χ4n) is 1.20. The smallest absolute Gasteiger partial charge is 0.408 e. The van der Waals surface area contributed by atoms with Crippen molar-refractivity contribution in [2.75, 3.05) is 14.2 Å². The van der Waals surface area contributed by atoms with E-state index < -0.39 is 11.6 Å². The molecule has 0 amide bonds. The van der Waals surface area contributed by atoms with Crippen LogP contribution in [0.15, 0.2) is 18.2 Å². The lowest BCUT2D eigenvalue weighted by molar-refractivity contribution is -0.131. The summed E-state index contributed by atoms with van der Waals surface area (Å²) in [5.41, 5.74) is -0.0770. The zero-order valence-corrected chi connectivity index (χ0v) is 9.39. The maximum atomic E-state index is 12.3. The molecule has 0 fully saturated rings. The van der Waals surface area contributed by atoms with E-state index >= 15 is 0 Å². The van der Waals surface area contributed by atoms with Crippen LogP contribution in [0.25, 0.3) is 0 Å². The lowest BCUT2D eigenvalue weighted by atomic mass is 10.1. The molecule has 1 aromatic carbocycles. The summed E-state index contributed by atoms with van der Waals surface area (Å²) in [6.45, 7) is 0. The van der Waals surface area contributed by atoms with Gasteiger partial charge in [-0.15, -0.1) is 11.6 Å². The summed E-state index contributed by atoms with van der Waals surface area (Å²) in [6, 6.07) is 3.85. The molecule has 1 rings (SSSR count). The molecular formula is C10H10ClF3O2. The Morgan fingerprint density at radius 1 is 1.12 bits per heavy atom. The Morgan fingerprint density at radius 2 is 1.69 bits per heavy atom. The van der Waals surface area contributed by atoms with Crippen LogP contribution in [0.4, 0.5) is 13.2 Å². The number of hydrogen-bond acceptors (Lipinski definition) is 2. The van der Waals surface area contributed by atoms with Gasteiger partial charge in [0.2, 0.25) is 0 Å². The fraction of sp³-hybridized carbons (Fsp3) is 0.400. The molecule has 1 atom stereocenters. The maximum absolute atomic E-state index is 12.3. The summed E-state index contributed by atoms with van der Waals surface area (Å²) in [5, 5.41) is -2.05. The summed E-state index contributed by atoms with van der Waals surface area (Å²) in [6.07, 6.45) is -4.48. The van der Waals surface area contributed by atoms with Crippen LogP contribution in [-0.4, -0.2) is 20.4 Å². The van der Waals surface area contributed by atoms with Gasteiger partial charge in [0.05, 0.1) is 14.2 Å². The Labute approximate surface area is 95.9 Å². The second-order valence-electron chi connectivity index (χ2n) is 3.02. The van der Waals surface area contributed by atoms with Crippen molar-refractivity contribution in [2.45, 2.75) is 11.6 Å². The van der Waals surface area contributed by atoms with Crippen LogP contribution >= 0.6 is 11.6 Å². The van der Waals surface area contributed by atoms with Crippen molar-refractivity contribution >= 4 is 11.6 Å². The van der Waals surface area contributed by atoms with Gasteiger partial charge in [-0.1, -0.05) is 6.07 Å². The van der Waals surface area contributed by atoms with Crippen molar-refractivity contribution in [3.8, 4) is 11.5 Å². The highest BCUT2D eigenvalue weighted by Crippen LogP contribution is 2.40. The van der Waals surface area contributed by atoms with Crippen LogP contribution in [0.5, 0.6) is 11.5 Å². The van der Waals surface area contributed by atoms with E-state index in [-0.39, 0.29) is 11.3 Å². The van der Waals surface area contributed by atoms with E-state index in [1.54, 1.807) is 0 Å². The van der Waals surface area contributed by atoms with Gasteiger partial charge >= 0.3 is 6.18 Å². The molecule has 0 aliphatic carbocycles. The second-order valence-corrected chi connectivity index (χ2v) is 3.46. The fourth-order valence-corrected chi connectivity index (χ4v) is 1.34. The summed E-state index contributed by atoms with van der Waals surface area (Å²) >= 11 is 5.29. The van der Waals surface area contributed by atoms with Gasteiger partial charge in [-0.05, 0) is 17.7 Å². The first-order valence-corrected chi connectivity index (χ1v) is 4.76. The van der Waals surface area contributed by atoms with Crippen LogP contribution < -0.4 is 9.47 Å². The van der Waals surface area contributed by atoms with Crippen LogP contribution in [0.1, 0.15) is 10.9 Å². The summed E-state index contributed by atoms with van der Waals surface area (Å²) in [7, 11) is 2.75. The third-order valence-corrected chi connectivity index (χ3v) is 2.49. The second kappa shape index (κ2) is 4.82. The van der Waals surface area contributed by atoms with Gasteiger partial charge in [-0.25, -0.2) is 0 Å². The van der Waals surface area contributed by atoms with Gasteiger partial charge in [0.25, 0.3) is 0 Å². The van der Waals surface area contributed by atoms with E-state index in [4.69, 9.17) is 21.1 Å². The molecular weight excluding hydrogens is 245 g/mol. The van der Waals surface area contributed by atoms with Crippen LogP contribution in [0.3, 0.4) is 0 Å². The van der Waals surface area contributed by atoms with Gasteiger partial charge < -0.3 is 9.47 Å². The molecule has 0 N–H and O–H groups in total. The minimum Gasteiger partial charge on any atom is -0.493 e. The highest BCUT2D eigenvalue weighted by molar-refractivity contribution is 6.21. The standard InChI is InChI=1S/C10H10ClF3O2/c1-15-7-4-3-6(5-8(7)16-2)9(11)10(12,13)14/h3-5,9H,1-2H3. The topological polar surface area (TPSA) is 18.5 Å². The quantitative estimate of drug-likeness (QED) is 0.768. The van der Waals surface area contributed by atoms with Gasteiger partial charge in [0.1, 0.15) is 0 Å². The van der Waals surface area contributed by atoms with E-state index in [1.165, 1.54) is 32.4 Å². The molecule has 0 heterocycles. The van der Waals surface area contributed by atoms with Crippen molar-refractivity contribution in [2.24, 2.45) is 0 Å². The average molecular weight is 255 g/mol. The molecule has 1 aromatic rings. The van der Waals surface area contributed by atoms with E-state index in [9.17, 15) is 13.2 Å². The normalized spacial score (nSPS) is 13.4. The summed E-state index contributed by atoms with van der Waals surface area (Å²) < 4.78 is 46.8. The minimum absolute atomic E-state index is 0.0770. The van der Waals surface area contributed by atoms with E-state index in [1.807, 2.05) is 0 Å². The zero-order valence-electron chi connectivity index (χ0n) is 8.64. The molecule has 0 aliphatic rings. The molecule has 0 aromatic heterocycles. The van der Waals surface area contributed by atoms with Crippen LogP contribution in [0, 0.1) is 0 Å². The number of hydrogen-bond donors (Lipinski definition) is 0. The Kier molecular flexibility index (Phi) is 3.91. The zero-order chi connectivity index (χ0) is 12.3. The predicted octanol–water partition coefficient (Wildman–Crippen LogP) is 3.55. The molecule has 1 unspecified atom stereocenters. The van der Waals surface area contributed by atoms with Crippen molar-refractivity contribution in [3.63, 3.8) is 0 Å². The minimum atomic E-state index is -4.48. The molecule has 0 spiro atoms. The van der Waals surface area contributed by atoms with Crippen molar-refractivity contribution < 1.29 is 22.6 Å². The van der Waals surface area contributed by atoms with Gasteiger partial charge in [-0.2, -0.15) is 13.2 Å². The van der Waals surface area contributed by atoms with Gasteiger partial charge in [0.15, 0.2) is 16.9 Å². The molecule has 0 saturated heterocycles. The molecule has 0 saturated carbocycles. The molecule has 90 valence electrons. The SMILES string of the molecule is COc1ccc(C(Cl)C(F)(F)F)cc1OC. The highest BCUT2D eigenvalue weighted by atomic mass is 35.5. The number of methoxy groups -OCH3 is 2. The van der Waals surface area contributed by atoms with Crippen molar-refractivity contribution in [1.29, 1.82) is 0 Å². The lowest BCUT2D eigenvalue weighted by Crippen LogP contribution is -2.15. The van der Waals surface area contributed by atoms with Gasteiger partial charge in [0, 0.05) is 0 Å². The highest BCUT2D eigenvalue weighted by Gasteiger charge is 2.39. The number of ether oxygens (including phenoxy) is 2. The van der Waals surface area contributed by atoms with E-state index in [0.717, 1.165) is 0 Å². The molecule has 6 heteroatoms. The third-order valence-electron chi connectivity index (χ3n) is 1.99. The first kappa shape index (κ1) is 13.0. The number of halogens is 4. The van der Waals surface area contributed by atoms with Gasteiger partial charge in [-0.3, -0.25) is 0 Å². The first-order valence-electron chi connectivity index (χ1n) is 4.33. The van der Waals surface area contributed by atoms with Crippen LogP contribution in [-0.2, 0) is 0 Å². The van der Waals surface area contributed by atoms with E-state index in [0.29, 0.717) is 5.75 Å². The Morgan fingerprint density at radius 3 is 2.12 bits per heavy atom. The number of alkyl halides is 4. The predicted molar refractivity (Wildman–Crippen MR) is 54.2 cm³/mol. The Hall–Kier alpha value is -1.10. The van der Waals surface area contributed by atoms with Crippen molar-refractivity contribution in [3.05, 3.63) is 23.8 Å². The van der Waals surface area contributed by atoms with Crippen LogP contribution in [0.2, 0.25) is 0 Å².